The fourth-order valence-electron chi connectivity index (χ4n) is 2.85. The largest absolute Gasteiger partial charge is 0.381 e. The molecule has 20 heavy (non-hydrogen) atoms. The van der Waals surface area contributed by atoms with E-state index in [-0.39, 0.29) is 6.04 Å². The normalized spacial score (nSPS) is 20.6. The molecule has 2 unspecified atom stereocenters. The third kappa shape index (κ3) is 2.92. The first-order chi connectivity index (χ1) is 9.84. The van der Waals surface area contributed by atoms with Crippen molar-refractivity contribution in [2.75, 3.05) is 13.2 Å². The summed E-state index contributed by atoms with van der Waals surface area (Å²) in [4.78, 5) is 0. The van der Waals surface area contributed by atoms with Gasteiger partial charge in [-0.2, -0.15) is 0 Å². The van der Waals surface area contributed by atoms with Crippen LogP contribution in [-0.4, -0.2) is 13.2 Å². The minimum absolute atomic E-state index is 0.0834. The Labute approximate surface area is 120 Å². The van der Waals surface area contributed by atoms with Crippen LogP contribution >= 0.6 is 0 Å². The molecule has 3 rings (SSSR count). The van der Waals surface area contributed by atoms with Crippen molar-refractivity contribution in [2.45, 2.75) is 18.9 Å². The maximum atomic E-state index is 6.38. The van der Waals surface area contributed by atoms with Gasteiger partial charge in [0.2, 0.25) is 0 Å². The van der Waals surface area contributed by atoms with Gasteiger partial charge in [-0.1, -0.05) is 54.6 Å². The van der Waals surface area contributed by atoms with Crippen LogP contribution in [0.1, 0.15) is 24.4 Å². The summed E-state index contributed by atoms with van der Waals surface area (Å²) in [7, 11) is 0. The molecule has 2 N–H and O–H groups in total. The molecule has 0 bridgehead atoms. The Bertz CT molecular complexity index is 529. The topological polar surface area (TPSA) is 35.2 Å². The molecule has 2 atom stereocenters. The van der Waals surface area contributed by atoms with Gasteiger partial charge in [0.15, 0.2) is 0 Å². The van der Waals surface area contributed by atoms with Gasteiger partial charge in [0.25, 0.3) is 0 Å². The first kappa shape index (κ1) is 13.3. The van der Waals surface area contributed by atoms with Crippen LogP contribution in [0.5, 0.6) is 0 Å². The van der Waals surface area contributed by atoms with Crippen molar-refractivity contribution in [3.63, 3.8) is 0 Å². The Morgan fingerprint density at radius 2 is 1.65 bits per heavy atom. The quantitative estimate of drug-likeness (QED) is 0.918. The highest BCUT2D eigenvalue weighted by Gasteiger charge is 2.22. The molecule has 1 heterocycles. The molecule has 0 aliphatic carbocycles. The van der Waals surface area contributed by atoms with E-state index in [1.165, 1.54) is 23.1 Å². The molecular weight excluding hydrogens is 246 g/mol. The van der Waals surface area contributed by atoms with E-state index in [4.69, 9.17) is 10.5 Å². The summed E-state index contributed by atoms with van der Waals surface area (Å²) >= 11 is 0. The van der Waals surface area contributed by atoms with Crippen LogP contribution in [0.25, 0.3) is 11.1 Å². The zero-order valence-corrected chi connectivity index (χ0v) is 11.7. The molecule has 0 radical (unpaired) electrons. The fourth-order valence-corrected chi connectivity index (χ4v) is 2.85. The van der Waals surface area contributed by atoms with E-state index >= 15 is 0 Å². The lowest BCUT2D eigenvalue weighted by Gasteiger charge is -2.27. The van der Waals surface area contributed by atoms with Gasteiger partial charge in [-0.15, -0.1) is 0 Å². The molecule has 2 heteroatoms. The van der Waals surface area contributed by atoms with Gasteiger partial charge in [-0.05, 0) is 29.5 Å². The van der Waals surface area contributed by atoms with E-state index < -0.39 is 0 Å². The van der Waals surface area contributed by atoms with E-state index in [1.54, 1.807) is 0 Å². The number of hydrogen-bond acceptors (Lipinski definition) is 2. The summed E-state index contributed by atoms with van der Waals surface area (Å²) in [6.07, 6.45) is 2.29. The molecule has 1 fully saturated rings. The zero-order chi connectivity index (χ0) is 13.8. The van der Waals surface area contributed by atoms with Crippen molar-refractivity contribution in [3.05, 3.63) is 60.2 Å². The molecule has 2 aromatic rings. The van der Waals surface area contributed by atoms with Crippen LogP contribution in [-0.2, 0) is 4.74 Å². The van der Waals surface area contributed by atoms with Crippen LogP contribution in [0, 0.1) is 5.92 Å². The summed E-state index contributed by atoms with van der Waals surface area (Å²) in [5, 5.41) is 0. The molecule has 1 aliphatic heterocycles. The van der Waals surface area contributed by atoms with E-state index in [2.05, 4.69) is 48.5 Å². The number of hydrogen-bond donors (Lipinski definition) is 1. The molecule has 1 saturated heterocycles. The van der Waals surface area contributed by atoms with Crippen molar-refractivity contribution in [2.24, 2.45) is 11.7 Å². The lowest BCUT2D eigenvalue weighted by molar-refractivity contribution is 0.0448. The van der Waals surface area contributed by atoms with Gasteiger partial charge in [0.05, 0.1) is 6.61 Å². The molecule has 2 aromatic carbocycles. The third-order valence-electron chi connectivity index (χ3n) is 4.11. The maximum absolute atomic E-state index is 6.38. The molecule has 0 amide bonds. The number of benzene rings is 2. The van der Waals surface area contributed by atoms with Crippen molar-refractivity contribution < 1.29 is 4.74 Å². The van der Waals surface area contributed by atoms with Crippen molar-refractivity contribution in [1.82, 2.24) is 0 Å². The molecule has 0 spiro atoms. The Balaban J connectivity index is 1.75. The van der Waals surface area contributed by atoms with Gasteiger partial charge in [-0.25, -0.2) is 0 Å². The lowest BCUT2D eigenvalue weighted by Crippen LogP contribution is -2.28. The van der Waals surface area contributed by atoms with Gasteiger partial charge >= 0.3 is 0 Å². The molecule has 1 aliphatic rings. The Morgan fingerprint density at radius 1 is 0.950 bits per heavy atom. The Kier molecular flexibility index (Phi) is 4.14. The van der Waals surface area contributed by atoms with Gasteiger partial charge in [-0.3, -0.25) is 0 Å². The summed E-state index contributed by atoms with van der Waals surface area (Å²) in [6, 6.07) is 19.1. The monoisotopic (exact) mass is 267 g/mol. The summed E-state index contributed by atoms with van der Waals surface area (Å²) in [6.45, 7) is 1.68. The minimum Gasteiger partial charge on any atom is -0.381 e. The SMILES string of the molecule is NC(c1ccc(-c2ccccc2)cc1)C1CCCOC1. The van der Waals surface area contributed by atoms with Gasteiger partial charge < -0.3 is 10.5 Å². The van der Waals surface area contributed by atoms with Crippen molar-refractivity contribution >= 4 is 0 Å². The van der Waals surface area contributed by atoms with Gasteiger partial charge in [0.1, 0.15) is 0 Å². The number of rotatable bonds is 3. The number of nitrogens with two attached hydrogens (primary N) is 1. The van der Waals surface area contributed by atoms with Crippen molar-refractivity contribution in [3.8, 4) is 11.1 Å². The van der Waals surface area contributed by atoms with Gasteiger partial charge in [0, 0.05) is 18.6 Å². The first-order valence-electron chi connectivity index (χ1n) is 7.33. The molecule has 2 nitrogen and oxygen atoms in total. The van der Waals surface area contributed by atoms with Crippen molar-refractivity contribution in [1.29, 1.82) is 0 Å². The van der Waals surface area contributed by atoms with E-state index in [9.17, 15) is 0 Å². The maximum Gasteiger partial charge on any atom is 0.0512 e. The van der Waals surface area contributed by atoms with Crippen LogP contribution in [0.2, 0.25) is 0 Å². The standard InChI is InChI=1S/C18H21NO/c19-18(17-7-4-12-20-13-17)16-10-8-15(9-11-16)14-5-2-1-3-6-14/h1-3,5-6,8-11,17-18H,4,7,12-13,19H2. The summed E-state index contributed by atoms with van der Waals surface area (Å²) in [5.74, 6) is 0.450. The minimum atomic E-state index is 0.0834. The van der Waals surface area contributed by atoms with Crippen LogP contribution < -0.4 is 5.73 Å². The molecule has 0 aromatic heterocycles. The lowest BCUT2D eigenvalue weighted by atomic mass is 9.89. The zero-order valence-electron chi connectivity index (χ0n) is 11.7. The fraction of sp³-hybridized carbons (Fsp3) is 0.333. The van der Waals surface area contributed by atoms with E-state index in [0.717, 1.165) is 19.6 Å². The highest BCUT2D eigenvalue weighted by atomic mass is 16.5. The van der Waals surface area contributed by atoms with Crippen LogP contribution in [0.4, 0.5) is 0 Å². The van der Waals surface area contributed by atoms with Crippen LogP contribution in [0.15, 0.2) is 54.6 Å². The highest BCUT2D eigenvalue weighted by Crippen LogP contribution is 2.28. The van der Waals surface area contributed by atoms with Crippen LogP contribution in [0.3, 0.4) is 0 Å². The third-order valence-corrected chi connectivity index (χ3v) is 4.11. The second-order valence-corrected chi connectivity index (χ2v) is 5.49. The average Bonchev–Trinajstić information content (AvgIpc) is 2.56. The van der Waals surface area contributed by atoms with E-state index in [1.807, 2.05) is 6.07 Å². The summed E-state index contributed by atoms with van der Waals surface area (Å²) < 4.78 is 5.54. The first-order valence-corrected chi connectivity index (χ1v) is 7.33. The molecule has 0 saturated carbocycles. The second kappa shape index (κ2) is 6.21. The average molecular weight is 267 g/mol. The highest BCUT2D eigenvalue weighted by molar-refractivity contribution is 5.63. The predicted octanol–water partition coefficient (Wildman–Crippen LogP) is 3.78. The Morgan fingerprint density at radius 3 is 2.30 bits per heavy atom. The smallest absolute Gasteiger partial charge is 0.0512 e. The molecule has 104 valence electrons. The molecular formula is C18H21NO. The predicted molar refractivity (Wildman–Crippen MR) is 82.3 cm³/mol. The number of ether oxygens (including phenoxy) is 1. The Hall–Kier alpha value is -1.64. The second-order valence-electron chi connectivity index (χ2n) is 5.49. The summed E-state index contributed by atoms with van der Waals surface area (Å²) in [5.41, 5.74) is 10.1. The van der Waals surface area contributed by atoms with E-state index in [0.29, 0.717) is 5.92 Å².